The summed E-state index contributed by atoms with van der Waals surface area (Å²) in [5.74, 6) is -1.15. The smallest absolute Gasteiger partial charge is 0.406 e. The minimum Gasteiger partial charge on any atom is -0.480 e. The van der Waals surface area contributed by atoms with Crippen LogP contribution in [0.15, 0.2) is 0 Å². The molecule has 0 aromatic heterocycles. The Balaban J connectivity index is 2.68. The zero-order valence-electron chi connectivity index (χ0n) is 9.37. The topological polar surface area (TPSA) is 69.6 Å². The van der Waals surface area contributed by atoms with Gasteiger partial charge in [0.2, 0.25) is 5.91 Å². The summed E-state index contributed by atoms with van der Waals surface area (Å²) in [5.41, 5.74) is 0. The molecule has 0 bridgehead atoms. The van der Waals surface area contributed by atoms with Crippen LogP contribution in [-0.4, -0.2) is 65.2 Å². The highest BCUT2D eigenvalue weighted by atomic mass is 32.2. The van der Waals surface area contributed by atoms with Gasteiger partial charge in [0.1, 0.15) is 13.1 Å². The third-order valence-corrected chi connectivity index (χ3v) is 3.29. The van der Waals surface area contributed by atoms with E-state index in [0.29, 0.717) is 17.2 Å². The zero-order chi connectivity index (χ0) is 13.8. The quantitative estimate of drug-likeness (QED) is 0.771. The summed E-state index contributed by atoms with van der Waals surface area (Å²) in [6.07, 6.45) is -4.60. The number of alkyl halides is 3. The molecule has 1 saturated heterocycles. The van der Waals surface area contributed by atoms with Crippen LogP contribution >= 0.6 is 11.8 Å². The number of carboxylic acids is 1. The molecule has 104 valence electrons. The second-order valence-corrected chi connectivity index (χ2v) is 4.93. The molecular weight excluding hydrogens is 273 g/mol. The van der Waals surface area contributed by atoms with Gasteiger partial charge < -0.3 is 15.3 Å². The summed E-state index contributed by atoms with van der Waals surface area (Å²) in [7, 11) is 0. The van der Waals surface area contributed by atoms with Crippen molar-refractivity contribution in [3.8, 4) is 0 Å². The molecule has 1 aliphatic rings. The van der Waals surface area contributed by atoms with Gasteiger partial charge in [0.25, 0.3) is 0 Å². The molecule has 1 amide bonds. The average Bonchev–Trinajstić information content (AvgIpc) is 2.26. The number of amides is 1. The fourth-order valence-electron chi connectivity index (χ4n) is 1.54. The first-order chi connectivity index (χ1) is 8.29. The van der Waals surface area contributed by atoms with Gasteiger partial charge in [-0.05, 0) is 0 Å². The first-order valence-corrected chi connectivity index (χ1v) is 6.33. The van der Waals surface area contributed by atoms with E-state index in [0.717, 1.165) is 5.75 Å². The Kier molecular flexibility index (Phi) is 5.27. The lowest BCUT2D eigenvalue weighted by atomic mass is 10.2. The number of hydrogen-bond donors (Lipinski definition) is 2. The third kappa shape index (κ3) is 5.13. The van der Waals surface area contributed by atoms with Gasteiger partial charge in [-0.15, -0.1) is 0 Å². The Labute approximate surface area is 106 Å². The zero-order valence-corrected chi connectivity index (χ0v) is 10.2. The minimum absolute atomic E-state index is 0.325. The van der Waals surface area contributed by atoms with Crippen LogP contribution in [0.3, 0.4) is 0 Å². The fraction of sp³-hybridized carbons (Fsp3) is 0.778. The molecule has 1 rings (SSSR count). The van der Waals surface area contributed by atoms with E-state index < -0.39 is 37.2 Å². The standard InChI is InChI=1S/C9H13F3N2O3S/c10-9(11,12)5-14(3-7(15)16)8(17)6-4-18-2-1-13-6/h6,13H,1-5H2,(H,15,16). The second-order valence-electron chi connectivity index (χ2n) is 3.78. The molecule has 0 aliphatic carbocycles. The summed E-state index contributed by atoms with van der Waals surface area (Å²) in [6.45, 7) is -1.96. The van der Waals surface area contributed by atoms with Crippen LogP contribution < -0.4 is 5.32 Å². The molecule has 1 atom stereocenters. The molecule has 1 aliphatic heterocycles. The summed E-state index contributed by atoms with van der Waals surface area (Å²) in [6, 6.07) is -0.745. The summed E-state index contributed by atoms with van der Waals surface area (Å²) in [5, 5.41) is 11.3. The normalized spacial score (nSPS) is 20.5. The van der Waals surface area contributed by atoms with Crippen LogP contribution in [0.5, 0.6) is 0 Å². The van der Waals surface area contributed by atoms with Crippen LogP contribution in [0.2, 0.25) is 0 Å². The van der Waals surface area contributed by atoms with Crippen molar-refractivity contribution >= 4 is 23.6 Å². The lowest BCUT2D eigenvalue weighted by molar-refractivity contribution is -0.166. The molecule has 2 N–H and O–H groups in total. The lowest BCUT2D eigenvalue weighted by Gasteiger charge is -2.29. The number of thioether (sulfide) groups is 1. The van der Waals surface area contributed by atoms with E-state index in [1.54, 1.807) is 0 Å². The maximum absolute atomic E-state index is 12.3. The van der Waals surface area contributed by atoms with Gasteiger partial charge >= 0.3 is 12.1 Å². The average molecular weight is 286 g/mol. The van der Waals surface area contributed by atoms with Crippen molar-refractivity contribution in [1.82, 2.24) is 10.2 Å². The van der Waals surface area contributed by atoms with Crippen LogP contribution in [0, 0.1) is 0 Å². The third-order valence-electron chi connectivity index (χ3n) is 2.23. The highest BCUT2D eigenvalue weighted by molar-refractivity contribution is 7.99. The molecule has 1 unspecified atom stereocenters. The van der Waals surface area contributed by atoms with E-state index >= 15 is 0 Å². The van der Waals surface area contributed by atoms with Crippen LogP contribution in [-0.2, 0) is 9.59 Å². The highest BCUT2D eigenvalue weighted by Crippen LogP contribution is 2.18. The minimum atomic E-state index is -4.60. The first-order valence-electron chi connectivity index (χ1n) is 5.18. The van der Waals surface area contributed by atoms with E-state index in [4.69, 9.17) is 5.11 Å². The summed E-state index contributed by atoms with van der Waals surface area (Å²) in [4.78, 5) is 22.6. The number of carbonyl (C=O) groups excluding carboxylic acids is 1. The molecule has 18 heavy (non-hydrogen) atoms. The molecule has 9 heteroatoms. The van der Waals surface area contributed by atoms with Crippen molar-refractivity contribution in [2.75, 3.05) is 31.1 Å². The van der Waals surface area contributed by atoms with Gasteiger partial charge in [-0.2, -0.15) is 24.9 Å². The van der Waals surface area contributed by atoms with Crippen molar-refractivity contribution < 1.29 is 27.9 Å². The number of rotatable bonds is 4. The molecule has 0 spiro atoms. The van der Waals surface area contributed by atoms with Gasteiger partial charge in [-0.25, -0.2) is 0 Å². The Bertz CT molecular complexity index is 319. The summed E-state index contributed by atoms with van der Waals surface area (Å²) < 4.78 is 36.8. The first kappa shape index (κ1) is 15.1. The summed E-state index contributed by atoms with van der Waals surface area (Å²) >= 11 is 1.45. The molecule has 0 aromatic carbocycles. The van der Waals surface area contributed by atoms with Gasteiger partial charge in [-0.1, -0.05) is 0 Å². The van der Waals surface area contributed by atoms with E-state index in [1.165, 1.54) is 11.8 Å². The van der Waals surface area contributed by atoms with E-state index in [2.05, 4.69) is 5.32 Å². The molecule has 1 fully saturated rings. The predicted molar refractivity (Wildman–Crippen MR) is 59.4 cm³/mol. The van der Waals surface area contributed by atoms with Gasteiger partial charge in [-0.3, -0.25) is 9.59 Å². The molecule has 0 radical (unpaired) electrons. The molecule has 0 saturated carbocycles. The van der Waals surface area contributed by atoms with Crippen molar-refractivity contribution in [2.24, 2.45) is 0 Å². The molecule has 5 nitrogen and oxygen atoms in total. The number of carbonyl (C=O) groups is 2. The Hall–Kier alpha value is -0.960. The second kappa shape index (κ2) is 6.28. The number of halogens is 3. The van der Waals surface area contributed by atoms with Crippen LogP contribution in [0.4, 0.5) is 13.2 Å². The Morgan fingerprint density at radius 2 is 2.11 bits per heavy atom. The number of nitrogens with zero attached hydrogens (tertiary/aromatic N) is 1. The van der Waals surface area contributed by atoms with E-state index in [9.17, 15) is 22.8 Å². The maximum Gasteiger partial charge on any atom is 0.406 e. The monoisotopic (exact) mass is 286 g/mol. The number of carboxylic acid groups (broad SMARTS) is 1. The predicted octanol–water partition coefficient (Wildman–Crippen LogP) is 0.167. The highest BCUT2D eigenvalue weighted by Gasteiger charge is 2.36. The van der Waals surface area contributed by atoms with Gasteiger partial charge in [0.05, 0.1) is 6.04 Å². The van der Waals surface area contributed by atoms with Crippen LogP contribution in [0.25, 0.3) is 0 Å². The van der Waals surface area contributed by atoms with E-state index in [1.807, 2.05) is 0 Å². The van der Waals surface area contributed by atoms with Crippen molar-refractivity contribution in [3.05, 3.63) is 0 Å². The van der Waals surface area contributed by atoms with Gasteiger partial charge in [0.15, 0.2) is 0 Å². The Morgan fingerprint density at radius 1 is 1.44 bits per heavy atom. The molecule has 0 aromatic rings. The van der Waals surface area contributed by atoms with Crippen molar-refractivity contribution in [3.63, 3.8) is 0 Å². The van der Waals surface area contributed by atoms with Crippen molar-refractivity contribution in [1.29, 1.82) is 0 Å². The number of hydrogen-bond acceptors (Lipinski definition) is 4. The fourth-order valence-corrected chi connectivity index (χ4v) is 2.46. The molecule has 1 heterocycles. The van der Waals surface area contributed by atoms with Gasteiger partial charge in [0, 0.05) is 18.1 Å². The SMILES string of the molecule is O=C(O)CN(CC(F)(F)F)C(=O)C1CSCCN1. The number of aliphatic carboxylic acids is 1. The van der Waals surface area contributed by atoms with E-state index in [-0.39, 0.29) is 0 Å². The maximum atomic E-state index is 12.3. The number of nitrogens with one attached hydrogen (secondary N) is 1. The largest absolute Gasteiger partial charge is 0.480 e. The Morgan fingerprint density at radius 3 is 2.56 bits per heavy atom. The van der Waals surface area contributed by atoms with Crippen molar-refractivity contribution in [2.45, 2.75) is 12.2 Å². The molecular formula is C9H13F3N2O3S. The van der Waals surface area contributed by atoms with Crippen LogP contribution in [0.1, 0.15) is 0 Å². The lowest BCUT2D eigenvalue weighted by Crippen LogP contribution is -2.53.